The van der Waals surface area contributed by atoms with Crippen LogP contribution < -0.4 is 0 Å². The SMILES string of the molecule is COC(=O)C=C1SC(N=Nc2c(O)n3c4c(cc(Br)cc24)C(C)(c2ccc(Cl)cc2)CC3(C)C)=NC1=O. The van der Waals surface area contributed by atoms with Crippen molar-refractivity contribution in [1.82, 2.24) is 4.57 Å². The Kier molecular flexibility index (Phi) is 6.32. The summed E-state index contributed by atoms with van der Waals surface area (Å²) in [5, 5.41) is 21.3. The van der Waals surface area contributed by atoms with Gasteiger partial charge in [0.15, 0.2) is 5.69 Å². The molecule has 5 rings (SSSR count). The van der Waals surface area contributed by atoms with Gasteiger partial charge in [-0.2, -0.15) is 4.99 Å². The van der Waals surface area contributed by atoms with Crippen LogP contribution in [0.4, 0.5) is 5.69 Å². The minimum Gasteiger partial charge on any atom is -0.493 e. The molecule has 3 heterocycles. The van der Waals surface area contributed by atoms with E-state index in [2.05, 4.69) is 62.7 Å². The van der Waals surface area contributed by atoms with E-state index in [-0.39, 0.29) is 27.1 Å². The lowest BCUT2D eigenvalue weighted by atomic mass is 9.66. The number of carbonyl (C=O) groups is 2. The number of aromatic nitrogens is 1. The highest BCUT2D eigenvalue weighted by molar-refractivity contribution is 9.10. The van der Waals surface area contributed by atoms with Gasteiger partial charge in [-0.25, -0.2) is 4.79 Å². The van der Waals surface area contributed by atoms with Gasteiger partial charge in [-0.15, -0.1) is 10.2 Å². The first-order valence-corrected chi connectivity index (χ1v) is 13.3. The molecule has 2 aromatic carbocycles. The number of nitrogens with zero attached hydrogens (tertiary/aromatic N) is 4. The van der Waals surface area contributed by atoms with Crippen LogP contribution in [0.3, 0.4) is 0 Å². The van der Waals surface area contributed by atoms with Crippen molar-refractivity contribution in [1.29, 1.82) is 0 Å². The molecule has 0 saturated heterocycles. The van der Waals surface area contributed by atoms with E-state index in [0.29, 0.717) is 16.8 Å². The summed E-state index contributed by atoms with van der Waals surface area (Å²) >= 11 is 10.7. The molecule has 2 aliphatic rings. The van der Waals surface area contributed by atoms with E-state index in [1.54, 1.807) is 0 Å². The van der Waals surface area contributed by atoms with Crippen molar-refractivity contribution in [3.8, 4) is 5.88 Å². The lowest BCUT2D eigenvalue weighted by molar-refractivity contribution is -0.135. The summed E-state index contributed by atoms with van der Waals surface area (Å²) in [6, 6.07) is 11.8. The Bertz CT molecular complexity index is 1580. The summed E-state index contributed by atoms with van der Waals surface area (Å²) in [7, 11) is 1.22. The first kappa shape index (κ1) is 25.7. The molecule has 0 fully saturated rings. The third kappa shape index (κ3) is 4.30. The van der Waals surface area contributed by atoms with Gasteiger partial charge in [0.05, 0.1) is 17.5 Å². The van der Waals surface area contributed by atoms with Gasteiger partial charge in [0.1, 0.15) is 0 Å². The van der Waals surface area contributed by atoms with Gasteiger partial charge < -0.3 is 14.4 Å². The first-order valence-electron chi connectivity index (χ1n) is 11.3. The maximum atomic E-state index is 12.1. The van der Waals surface area contributed by atoms with Crippen molar-refractivity contribution in [3.63, 3.8) is 0 Å². The second-order valence-corrected chi connectivity index (χ2v) is 12.1. The fourth-order valence-corrected chi connectivity index (χ4v) is 6.55. The molecule has 1 amide bonds. The average Bonchev–Trinajstić information content (AvgIpc) is 3.32. The lowest BCUT2D eigenvalue weighted by Crippen LogP contribution is -2.41. The zero-order valence-corrected chi connectivity index (χ0v) is 23.5. The van der Waals surface area contributed by atoms with Crippen LogP contribution in [0.25, 0.3) is 10.9 Å². The predicted molar refractivity (Wildman–Crippen MR) is 148 cm³/mol. The molecule has 8 nitrogen and oxygen atoms in total. The number of hydrogen-bond donors (Lipinski definition) is 1. The van der Waals surface area contributed by atoms with E-state index in [0.717, 1.165) is 39.0 Å². The number of amidine groups is 1. The smallest absolute Gasteiger partial charge is 0.331 e. The highest BCUT2D eigenvalue weighted by Gasteiger charge is 2.45. The molecule has 0 bridgehead atoms. The number of thioether (sulfide) groups is 1. The van der Waals surface area contributed by atoms with Crippen molar-refractivity contribution in [3.05, 3.63) is 68.0 Å². The molecule has 1 atom stereocenters. The van der Waals surface area contributed by atoms with Crippen LogP contribution in [-0.4, -0.2) is 33.8 Å². The minimum absolute atomic E-state index is 0.0264. The number of aliphatic imine (C=N–C) groups is 1. The van der Waals surface area contributed by atoms with E-state index < -0.39 is 17.4 Å². The first-order chi connectivity index (χ1) is 17.4. The van der Waals surface area contributed by atoms with Gasteiger partial charge in [-0.05, 0) is 67.4 Å². The number of benzene rings is 2. The molecule has 0 radical (unpaired) electrons. The fraction of sp³-hybridized carbons (Fsp3) is 0.269. The molecule has 1 unspecified atom stereocenters. The summed E-state index contributed by atoms with van der Waals surface area (Å²) in [4.78, 5) is 27.6. The van der Waals surface area contributed by atoms with Gasteiger partial charge in [-0.3, -0.25) is 4.79 Å². The molecule has 0 aliphatic carbocycles. The Balaban J connectivity index is 1.65. The van der Waals surface area contributed by atoms with E-state index in [4.69, 9.17) is 11.6 Å². The molecule has 37 heavy (non-hydrogen) atoms. The van der Waals surface area contributed by atoms with Crippen molar-refractivity contribution >= 4 is 72.9 Å². The quantitative estimate of drug-likeness (QED) is 0.198. The second kappa shape index (κ2) is 9.11. The van der Waals surface area contributed by atoms with E-state index in [1.807, 2.05) is 34.9 Å². The molecule has 2 aliphatic heterocycles. The Morgan fingerprint density at radius 1 is 1.24 bits per heavy atom. The molecule has 3 aromatic rings. The molecule has 1 N–H and O–H groups in total. The molecule has 0 saturated carbocycles. The molecular weight excluding hydrogens is 580 g/mol. The normalized spacial score (nSPS) is 21.7. The summed E-state index contributed by atoms with van der Waals surface area (Å²) in [6.07, 6.45) is 1.77. The monoisotopic (exact) mass is 600 g/mol. The summed E-state index contributed by atoms with van der Waals surface area (Å²) in [5.74, 6) is -1.29. The third-order valence-corrected chi connectivity index (χ3v) is 8.32. The lowest BCUT2D eigenvalue weighted by Gasteiger charge is -2.45. The Morgan fingerprint density at radius 2 is 1.95 bits per heavy atom. The molecule has 1 aromatic heterocycles. The summed E-state index contributed by atoms with van der Waals surface area (Å²) in [6.45, 7) is 6.34. The molecule has 11 heteroatoms. The third-order valence-electron chi connectivity index (χ3n) is 6.74. The molecule has 0 spiro atoms. The van der Waals surface area contributed by atoms with Crippen molar-refractivity contribution in [2.45, 2.75) is 38.1 Å². The number of aromatic hydroxyl groups is 1. The van der Waals surface area contributed by atoms with E-state index in [9.17, 15) is 14.7 Å². The predicted octanol–water partition coefficient (Wildman–Crippen LogP) is 6.98. The maximum absolute atomic E-state index is 12.1. The van der Waals surface area contributed by atoms with E-state index in [1.165, 1.54) is 7.11 Å². The summed E-state index contributed by atoms with van der Waals surface area (Å²) in [5.41, 5.74) is 2.41. The maximum Gasteiger partial charge on any atom is 0.331 e. The standard InChI is InChI=1S/C26H22BrClN4O4S/c1-25(2)12-26(3,13-5-7-15(28)8-6-13)17-10-14(27)9-16-20(23(35)32(25)21(16)17)30-31-24-29-22(34)18(37-24)11-19(33)36-4/h5-11,35H,12H2,1-4H3. The largest absolute Gasteiger partial charge is 0.493 e. The number of amides is 1. The number of halogens is 2. The number of azo groups is 1. The van der Waals surface area contributed by atoms with Crippen LogP contribution in [0.15, 0.2) is 67.1 Å². The zero-order chi connectivity index (χ0) is 26.7. The van der Waals surface area contributed by atoms with Crippen molar-refractivity contribution < 1.29 is 19.4 Å². The Labute approximate surface area is 230 Å². The van der Waals surface area contributed by atoms with Crippen LogP contribution in [0.1, 0.15) is 38.3 Å². The van der Waals surface area contributed by atoms with Gasteiger partial charge in [0.2, 0.25) is 11.0 Å². The Hall–Kier alpha value is -2.95. The number of rotatable bonds is 3. The second-order valence-electron chi connectivity index (χ2n) is 9.72. The highest BCUT2D eigenvalue weighted by Crippen LogP contribution is 2.55. The van der Waals surface area contributed by atoms with Gasteiger partial charge in [0.25, 0.3) is 5.91 Å². The number of esters is 1. The molecule has 190 valence electrons. The fourth-order valence-electron chi connectivity index (χ4n) is 5.28. The number of ether oxygens (including phenoxy) is 1. The average molecular weight is 602 g/mol. The van der Waals surface area contributed by atoms with Crippen LogP contribution in [0.2, 0.25) is 5.02 Å². The van der Waals surface area contributed by atoms with Gasteiger partial charge in [-0.1, -0.05) is 46.6 Å². The van der Waals surface area contributed by atoms with Crippen molar-refractivity contribution in [2.75, 3.05) is 7.11 Å². The van der Waals surface area contributed by atoms with Crippen LogP contribution >= 0.6 is 39.3 Å². The number of carbonyl (C=O) groups excluding carboxylic acids is 2. The molecular formula is C26H22BrClN4O4S. The van der Waals surface area contributed by atoms with Crippen molar-refractivity contribution in [2.24, 2.45) is 15.2 Å². The van der Waals surface area contributed by atoms with E-state index >= 15 is 0 Å². The minimum atomic E-state index is -0.660. The highest BCUT2D eigenvalue weighted by atomic mass is 79.9. The zero-order valence-electron chi connectivity index (χ0n) is 20.4. The topological polar surface area (TPSA) is 106 Å². The number of methoxy groups -OCH3 is 1. The van der Waals surface area contributed by atoms with Crippen LogP contribution in [0.5, 0.6) is 5.88 Å². The summed E-state index contributed by atoms with van der Waals surface area (Å²) < 4.78 is 7.30. The Morgan fingerprint density at radius 3 is 2.62 bits per heavy atom. The van der Waals surface area contributed by atoms with Crippen LogP contribution in [-0.2, 0) is 25.3 Å². The van der Waals surface area contributed by atoms with Gasteiger partial charge in [0, 0.05) is 31.9 Å². The van der Waals surface area contributed by atoms with Crippen LogP contribution in [0, 0.1) is 0 Å². The number of hydrogen-bond acceptors (Lipinski definition) is 7. The van der Waals surface area contributed by atoms with Gasteiger partial charge >= 0.3 is 5.97 Å².